The minimum atomic E-state index is -0.312. The fourth-order valence-electron chi connectivity index (χ4n) is 4.60. The third-order valence-corrected chi connectivity index (χ3v) is 6.34. The highest BCUT2D eigenvalue weighted by molar-refractivity contribution is 5.82. The Hall–Kier alpha value is -2.64. The minimum Gasteiger partial charge on any atom is -0.497 e. The minimum absolute atomic E-state index is 0.0566. The topological polar surface area (TPSA) is 62.8 Å². The molecule has 0 aliphatic carbocycles. The van der Waals surface area contributed by atoms with Crippen molar-refractivity contribution >= 4 is 5.91 Å². The Morgan fingerprint density at radius 1 is 1.06 bits per heavy atom. The Balaban J connectivity index is 1.45. The van der Waals surface area contributed by atoms with Crippen LogP contribution in [0.1, 0.15) is 48.8 Å². The summed E-state index contributed by atoms with van der Waals surface area (Å²) >= 11 is 0. The Morgan fingerprint density at radius 2 is 1.87 bits per heavy atom. The van der Waals surface area contributed by atoms with Gasteiger partial charge in [0.25, 0.3) is 0 Å². The molecule has 7 heteroatoms. The van der Waals surface area contributed by atoms with Crippen molar-refractivity contribution in [3.8, 4) is 11.5 Å². The van der Waals surface area contributed by atoms with Crippen molar-refractivity contribution in [2.75, 3.05) is 27.3 Å². The molecule has 2 aliphatic heterocycles. The fraction of sp³-hybridized carbons (Fsp3) is 0.458. The molecule has 6 nitrogen and oxygen atoms in total. The predicted molar refractivity (Wildman–Crippen MR) is 117 cm³/mol. The predicted octanol–water partition coefficient (Wildman–Crippen LogP) is 3.55. The number of nitrogens with one attached hydrogen (secondary N) is 2. The zero-order valence-electron chi connectivity index (χ0n) is 18.1. The van der Waals surface area contributed by atoms with Gasteiger partial charge >= 0.3 is 0 Å². The summed E-state index contributed by atoms with van der Waals surface area (Å²) in [5.41, 5.74) is 8.50. The highest BCUT2D eigenvalue weighted by Crippen LogP contribution is 2.34. The molecule has 2 aliphatic rings. The largest absolute Gasteiger partial charge is 0.497 e. The zero-order chi connectivity index (χ0) is 21.8. The second kappa shape index (κ2) is 9.66. The number of amides is 1. The molecule has 2 N–H and O–H groups in total. The number of hydrogen-bond donors (Lipinski definition) is 2. The average molecular weight is 428 g/mol. The first-order chi connectivity index (χ1) is 15.1. The number of carbonyl (C=O) groups excluding carboxylic acids is 1. The van der Waals surface area contributed by atoms with Crippen LogP contribution >= 0.6 is 0 Å². The molecule has 166 valence electrons. The molecule has 3 unspecified atom stereocenters. The second-order valence-electron chi connectivity index (χ2n) is 8.27. The summed E-state index contributed by atoms with van der Waals surface area (Å²) in [7, 11) is 3.28. The SMILES string of the molecule is COc1ccc(OC)c(C2CC(C(=O)N3CCCCC(c4ccc(F)cc4)C3)NN2)c1. The van der Waals surface area contributed by atoms with E-state index in [1.807, 2.05) is 35.2 Å². The van der Waals surface area contributed by atoms with Gasteiger partial charge in [0.1, 0.15) is 23.4 Å². The number of benzene rings is 2. The summed E-state index contributed by atoms with van der Waals surface area (Å²) < 4.78 is 24.2. The summed E-state index contributed by atoms with van der Waals surface area (Å²) in [6.07, 6.45) is 3.68. The zero-order valence-corrected chi connectivity index (χ0v) is 18.1. The lowest BCUT2D eigenvalue weighted by molar-refractivity contribution is -0.133. The van der Waals surface area contributed by atoms with Crippen LogP contribution in [0.25, 0.3) is 0 Å². The van der Waals surface area contributed by atoms with E-state index in [-0.39, 0.29) is 29.7 Å². The van der Waals surface area contributed by atoms with Gasteiger partial charge in [-0.05, 0) is 55.2 Å². The number of hydrogen-bond acceptors (Lipinski definition) is 5. The molecule has 4 rings (SSSR count). The number of methoxy groups -OCH3 is 2. The Kier molecular flexibility index (Phi) is 6.73. The maximum Gasteiger partial charge on any atom is 0.241 e. The number of hydrazine groups is 1. The quantitative estimate of drug-likeness (QED) is 0.764. The van der Waals surface area contributed by atoms with Crippen LogP contribution in [0.3, 0.4) is 0 Å². The standard InChI is InChI=1S/C24H30FN3O3/c1-30-19-10-11-23(31-2)20(13-19)21-14-22(27-26-21)24(29)28-12-4-3-5-17(15-28)16-6-8-18(25)9-7-16/h6-11,13,17,21-22,26-27H,3-5,12,14-15H2,1-2H3. The van der Waals surface area contributed by atoms with Crippen molar-refractivity contribution in [3.05, 3.63) is 59.4 Å². The van der Waals surface area contributed by atoms with E-state index >= 15 is 0 Å². The third-order valence-electron chi connectivity index (χ3n) is 6.34. The first kappa shape index (κ1) is 21.6. The van der Waals surface area contributed by atoms with Crippen LogP contribution in [0.5, 0.6) is 11.5 Å². The normalized spacial score (nSPS) is 24.0. The Bertz CT molecular complexity index is 905. The lowest BCUT2D eigenvalue weighted by Crippen LogP contribution is -2.46. The molecular weight excluding hydrogens is 397 g/mol. The van der Waals surface area contributed by atoms with Crippen molar-refractivity contribution < 1.29 is 18.7 Å². The van der Waals surface area contributed by atoms with Crippen molar-refractivity contribution in [2.45, 2.75) is 43.7 Å². The first-order valence-electron chi connectivity index (χ1n) is 10.9. The van der Waals surface area contributed by atoms with Crippen LogP contribution in [0, 0.1) is 5.82 Å². The second-order valence-corrected chi connectivity index (χ2v) is 8.27. The summed E-state index contributed by atoms with van der Waals surface area (Å²) in [6, 6.07) is 12.0. The molecule has 0 bridgehead atoms. The van der Waals surface area contributed by atoms with Crippen LogP contribution in [0.15, 0.2) is 42.5 Å². The van der Waals surface area contributed by atoms with Gasteiger partial charge in [-0.2, -0.15) is 0 Å². The lowest BCUT2D eigenvalue weighted by atomic mass is 9.94. The van der Waals surface area contributed by atoms with Crippen LogP contribution < -0.4 is 20.3 Å². The van der Waals surface area contributed by atoms with Gasteiger partial charge in [-0.1, -0.05) is 18.6 Å². The summed E-state index contributed by atoms with van der Waals surface area (Å²) in [5.74, 6) is 1.62. The van der Waals surface area contributed by atoms with E-state index in [0.717, 1.165) is 48.4 Å². The maximum absolute atomic E-state index is 13.3. The highest BCUT2D eigenvalue weighted by atomic mass is 19.1. The smallest absolute Gasteiger partial charge is 0.241 e. The van der Waals surface area contributed by atoms with Crippen LogP contribution in [-0.2, 0) is 4.79 Å². The van der Waals surface area contributed by atoms with E-state index in [1.165, 1.54) is 12.1 Å². The lowest BCUT2D eigenvalue weighted by Gasteiger charge is -2.27. The molecule has 2 aromatic carbocycles. The summed E-state index contributed by atoms with van der Waals surface area (Å²) in [6.45, 7) is 1.41. The van der Waals surface area contributed by atoms with E-state index < -0.39 is 0 Å². The number of rotatable bonds is 5. The molecule has 2 aromatic rings. The molecule has 3 atom stereocenters. The number of halogens is 1. The number of nitrogens with zero attached hydrogens (tertiary/aromatic N) is 1. The molecule has 0 radical (unpaired) electrons. The van der Waals surface area contributed by atoms with Crippen molar-refractivity contribution in [1.82, 2.24) is 15.8 Å². The molecule has 0 aromatic heterocycles. The van der Waals surface area contributed by atoms with E-state index in [9.17, 15) is 9.18 Å². The molecular formula is C24H30FN3O3. The van der Waals surface area contributed by atoms with Gasteiger partial charge in [-0.15, -0.1) is 0 Å². The summed E-state index contributed by atoms with van der Waals surface area (Å²) in [5, 5.41) is 0. The molecule has 2 heterocycles. The van der Waals surface area contributed by atoms with E-state index in [0.29, 0.717) is 13.0 Å². The van der Waals surface area contributed by atoms with Gasteiger partial charge in [0.05, 0.1) is 20.3 Å². The Morgan fingerprint density at radius 3 is 2.61 bits per heavy atom. The highest BCUT2D eigenvalue weighted by Gasteiger charge is 2.35. The molecule has 0 saturated carbocycles. The number of ether oxygens (including phenoxy) is 2. The molecule has 2 saturated heterocycles. The monoisotopic (exact) mass is 427 g/mol. The average Bonchev–Trinajstić information content (AvgIpc) is 3.16. The molecule has 31 heavy (non-hydrogen) atoms. The Labute approximate surface area is 182 Å². The molecule has 0 spiro atoms. The van der Waals surface area contributed by atoms with Crippen LogP contribution in [0.2, 0.25) is 0 Å². The van der Waals surface area contributed by atoms with Crippen molar-refractivity contribution in [1.29, 1.82) is 0 Å². The summed E-state index contributed by atoms with van der Waals surface area (Å²) in [4.78, 5) is 15.3. The third kappa shape index (κ3) is 4.83. The van der Waals surface area contributed by atoms with Gasteiger partial charge in [0, 0.05) is 24.6 Å². The van der Waals surface area contributed by atoms with E-state index in [4.69, 9.17) is 9.47 Å². The van der Waals surface area contributed by atoms with Gasteiger partial charge in [0.2, 0.25) is 5.91 Å². The van der Waals surface area contributed by atoms with Gasteiger partial charge in [-0.3, -0.25) is 4.79 Å². The van der Waals surface area contributed by atoms with Crippen LogP contribution in [-0.4, -0.2) is 44.2 Å². The fourth-order valence-corrected chi connectivity index (χ4v) is 4.60. The van der Waals surface area contributed by atoms with Gasteiger partial charge in [-0.25, -0.2) is 15.2 Å². The van der Waals surface area contributed by atoms with Gasteiger partial charge < -0.3 is 14.4 Å². The molecule has 2 fully saturated rings. The maximum atomic E-state index is 13.3. The number of carbonyl (C=O) groups is 1. The van der Waals surface area contributed by atoms with Crippen molar-refractivity contribution in [3.63, 3.8) is 0 Å². The first-order valence-corrected chi connectivity index (χ1v) is 10.9. The van der Waals surface area contributed by atoms with E-state index in [1.54, 1.807) is 14.2 Å². The van der Waals surface area contributed by atoms with E-state index in [2.05, 4.69) is 10.9 Å². The number of likely N-dealkylation sites (tertiary alicyclic amines) is 1. The van der Waals surface area contributed by atoms with Gasteiger partial charge in [0.15, 0.2) is 0 Å². The van der Waals surface area contributed by atoms with Crippen LogP contribution in [0.4, 0.5) is 4.39 Å². The van der Waals surface area contributed by atoms with Crippen molar-refractivity contribution in [2.24, 2.45) is 0 Å². The molecule has 1 amide bonds.